The van der Waals surface area contributed by atoms with Crippen LogP contribution in [0.5, 0.6) is 0 Å². The van der Waals surface area contributed by atoms with Crippen molar-refractivity contribution in [3.8, 4) is 0 Å². The summed E-state index contributed by atoms with van der Waals surface area (Å²) in [6, 6.07) is 10.9. The minimum atomic E-state index is -0.727. The first-order valence-electron chi connectivity index (χ1n) is 12.4. The van der Waals surface area contributed by atoms with Gasteiger partial charge in [-0.05, 0) is 70.4 Å². The first-order chi connectivity index (χ1) is 15.2. The molecule has 3 N–H and O–H groups in total. The third-order valence-corrected chi connectivity index (χ3v) is 8.35. The number of amides is 3. The Hall–Kier alpha value is -2.08. The largest absolute Gasteiger partial charge is 0.369 e. The number of rotatable bonds is 8. The maximum absolute atomic E-state index is 13.6. The molecule has 6 nitrogen and oxygen atoms in total. The molecule has 32 heavy (non-hydrogen) atoms. The van der Waals surface area contributed by atoms with Crippen molar-refractivity contribution in [2.75, 3.05) is 26.2 Å². The van der Waals surface area contributed by atoms with Gasteiger partial charge in [0.15, 0.2) is 0 Å². The topological polar surface area (TPSA) is 78.7 Å². The summed E-state index contributed by atoms with van der Waals surface area (Å²) in [7, 11) is 0. The number of primary amides is 1. The summed E-state index contributed by atoms with van der Waals surface area (Å²) in [5.41, 5.74) is 6.08. The van der Waals surface area contributed by atoms with Crippen LogP contribution in [0.2, 0.25) is 0 Å². The SMILES string of the molecule is CCNC1(c2ccccc2)CCC2(CC1)CN(CC(C)(C)C(N)=O)C(=O)N2CC1CCC1. The molecule has 6 heteroatoms. The van der Waals surface area contributed by atoms with Gasteiger partial charge in [0.05, 0.1) is 11.0 Å². The molecule has 0 atom stereocenters. The lowest BCUT2D eigenvalue weighted by Crippen LogP contribution is -2.56. The van der Waals surface area contributed by atoms with E-state index in [2.05, 4.69) is 47.5 Å². The number of urea groups is 1. The second-order valence-electron chi connectivity index (χ2n) is 11.0. The van der Waals surface area contributed by atoms with E-state index in [0.717, 1.165) is 38.8 Å². The van der Waals surface area contributed by atoms with E-state index < -0.39 is 5.41 Å². The monoisotopic (exact) mass is 440 g/mol. The maximum atomic E-state index is 13.6. The lowest BCUT2D eigenvalue weighted by atomic mass is 9.68. The molecule has 2 aliphatic carbocycles. The molecule has 1 spiro atoms. The number of carbonyl (C=O) groups is 2. The zero-order chi connectivity index (χ0) is 23.0. The molecule has 1 saturated heterocycles. The van der Waals surface area contributed by atoms with E-state index in [1.807, 2.05) is 18.7 Å². The van der Waals surface area contributed by atoms with Crippen molar-refractivity contribution >= 4 is 11.9 Å². The van der Waals surface area contributed by atoms with Gasteiger partial charge < -0.3 is 20.9 Å². The van der Waals surface area contributed by atoms with E-state index in [4.69, 9.17) is 5.73 Å². The van der Waals surface area contributed by atoms with Crippen LogP contribution in [0.3, 0.4) is 0 Å². The van der Waals surface area contributed by atoms with Gasteiger partial charge in [0.1, 0.15) is 0 Å². The number of hydrogen-bond donors (Lipinski definition) is 2. The van der Waals surface area contributed by atoms with Gasteiger partial charge in [-0.2, -0.15) is 0 Å². The molecule has 1 aliphatic heterocycles. The van der Waals surface area contributed by atoms with Gasteiger partial charge in [0.2, 0.25) is 5.91 Å². The third-order valence-electron chi connectivity index (χ3n) is 8.35. The highest BCUT2D eigenvalue weighted by molar-refractivity contribution is 5.83. The Morgan fingerprint density at radius 1 is 1.16 bits per heavy atom. The second-order valence-corrected chi connectivity index (χ2v) is 11.0. The zero-order valence-electron chi connectivity index (χ0n) is 20.0. The quantitative estimate of drug-likeness (QED) is 0.644. The first-order valence-corrected chi connectivity index (χ1v) is 12.4. The first kappa shape index (κ1) is 23.1. The molecule has 176 valence electrons. The molecule has 0 bridgehead atoms. The Kier molecular flexibility index (Phi) is 6.27. The number of nitrogens with zero attached hydrogens (tertiary/aromatic N) is 2. The lowest BCUT2D eigenvalue weighted by molar-refractivity contribution is -0.126. The summed E-state index contributed by atoms with van der Waals surface area (Å²) in [6.45, 7) is 8.72. The molecule has 3 fully saturated rings. The Morgan fingerprint density at radius 3 is 2.34 bits per heavy atom. The highest BCUT2D eigenvalue weighted by Crippen LogP contribution is 2.48. The predicted octanol–water partition coefficient (Wildman–Crippen LogP) is 3.85. The van der Waals surface area contributed by atoms with Crippen LogP contribution in [-0.4, -0.2) is 53.5 Å². The Balaban J connectivity index is 1.58. The number of nitrogens with two attached hydrogens (primary N) is 1. The summed E-state index contributed by atoms with van der Waals surface area (Å²) in [5, 5.41) is 3.80. The third kappa shape index (κ3) is 4.14. The molecule has 3 aliphatic rings. The number of carbonyl (C=O) groups excluding carboxylic acids is 2. The Bertz CT molecular complexity index is 825. The molecular formula is C26H40N4O2. The van der Waals surface area contributed by atoms with Crippen molar-refractivity contribution in [3.05, 3.63) is 35.9 Å². The van der Waals surface area contributed by atoms with Gasteiger partial charge in [0.25, 0.3) is 0 Å². The number of hydrogen-bond acceptors (Lipinski definition) is 3. The highest BCUT2D eigenvalue weighted by atomic mass is 16.2. The van der Waals surface area contributed by atoms with Crippen LogP contribution in [0.15, 0.2) is 30.3 Å². The van der Waals surface area contributed by atoms with E-state index in [-0.39, 0.29) is 23.0 Å². The molecule has 0 radical (unpaired) electrons. The van der Waals surface area contributed by atoms with Gasteiger partial charge in [-0.15, -0.1) is 0 Å². The van der Waals surface area contributed by atoms with E-state index in [9.17, 15) is 9.59 Å². The molecule has 1 aromatic carbocycles. The van der Waals surface area contributed by atoms with Gasteiger partial charge >= 0.3 is 6.03 Å². The minimum Gasteiger partial charge on any atom is -0.369 e. The van der Waals surface area contributed by atoms with Gasteiger partial charge in [-0.1, -0.05) is 43.7 Å². The van der Waals surface area contributed by atoms with Gasteiger partial charge in [0, 0.05) is 25.2 Å². The van der Waals surface area contributed by atoms with Crippen molar-refractivity contribution in [1.82, 2.24) is 15.1 Å². The maximum Gasteiger partial charge on any atom is 0.320 e. The average molecular weight is 441 g/mol. The van der Waals surface area contributed by atoms with Crippen LogP contribution < -0.4 is 11.1 Å². The zero-order valence-corrected chi connectivity index (χ0v) is 20.0. The normalized spacial score (nSPS) is 28.9. The summed E-state index contributed by atoms with van der Waals surface area (Å²) in [6.07, 6.45) is 7.67. The van der Waals surface area contributed by atoms with Crippen molar-refractivity contribution in [2.24, 2.45) is 17.1 Å². The van der Waals surface area contributed by atoms with Crippen LogP contribution in [-0.2, 0) is 10.3 Å². The smallest absolute Gasteiger partial charge is 0.320 e. The molecule has 0 aromatic heterocycles. The lowest BCUT2D eigenvalue weighted by Gasteiger charge is -2.49. The predicted molar refractivity (Wildman–Crippen MR) is 127 cm³/mol. The standard InChI is InChI=1S/C26H40N4O2/c1-4-28-26(21-11-6-5-7-12-21)15-13-25(14-16-26)19-29(18-24(2,3)22(27)31)23(32)30(25)17-20-9-8-10-20/h5-7,11-12,20,28H,4,8-10,13-19H2,1-3H3,(H2,27,31). The fourth-order valence-electron chi connectivity index (χ4n) is 6.00. The van der Waals surface area contributed by atoms with E-state index in [1.165, 1.54) is 24.8 Å². The van der Waals surface area contributed by atoms with Crippen LogP contribution in [0.4, 0.5) is 4.79 Å². The number of nitrogens with one attached hydrogen (secondary N) is 1. The fraction of sp³-hybridized carbons (Fsp3) is 0.692. The van der Waals surface area contributed by atoms with Crippen molar-refractivity contribution in [3.63, 3.8) is 0 Å². The van der Waals surface area contributed by atoms with Crippen molar-refractivity contribution < 1.29 is 9.59 Å². The Morgan fingerprint density at radius 2 is 1.81 bits per heavy atom. The van der Waals surface area contributed by atoms with E-state index in [0.29, 0.717) is 19.0 Å². The van der Waals surface area contributed by atoms with Gasteiger partial charge in [-0.3, -0.25) is 4.79 Å². The van der Waals surface area contributed by atoms with Crippen molar-refractivity contribution in [2.45, 2.75) is 76.8 Å². The minimum absolute atomic E-state index is 0.0354. The van der Waals surface area contributed by atoms with Gasteiger partial charge in [-0.25, -0.2) is 4.79 Å². The number of benzene rings is 1. The van der Waals surface area contributed by atoms with E-state index >= 15 is 0 Å². The van der Waals surface area contributed by atoms with E-state index in [1.54, 1.807) is 0 Å². The summed E-state index contributed by atoms with van der Waals surface area (Å²) >= 11 is 0. The average Bonchev–Trinajstić information content (AvgIpc) is 2.98. The Labute approximate surface area is 192 Å². The fourth-order valence-corrected chi connectivity index (χ4v) is 6.00. The summed E-state index contributed by atoms with van der Waals surface area (Å²) in [5.74, 6) is 0.269. The van der Waals surface area contributed by atoms with Crippen LogP contribution in [0.1, 0.15) is 71.3 Å². The van der Waals surface area contributed by atoms with Crippen LogP contribution >= 0.6 is 0 Å². The molecule has 4 rings (SSSR count). The highest BCUT2D eigenvalue weighted by Gasteiger charge is 2.55. The summed E-state index contributed by atoms with van der Waals surface area (Å²) in [4.78, 5) is 29.7. The second kappa shape index (κ2) is 8.69. The molecular weight excluding hydrogens is 400 g/mol. The summed E-state index contributed by atoms with van der Waals surface area (Å²) < 4.78 is 0. The molecule has 1 aromatic rings. The van der Waals surface area contributed by atoms with Crippen LogP contribution in [0.25, 0.3) is 0 Å². The van der Waals surface area contributed by atoms with Crippen molar-refractivity contribution in [1.29, 1.82) is 0 Å². The molecule has 1 heterocycles. The molecule has 3 amide bonds. The molecule has 2 saturated carbocycles. The van der Waals surface area contributed by atoms with Crippen LogP contribution in [0, 0.1) is 11.3 Å². The molecule has 0 unspecified atom stereocenters.